The number of halogens is 1. The lowest BCUT2D eigenvalue weighted by Crippen LogP contribution is -2.21. The molecule has 0 fully saturated rings. The molecule has 0 bridgehead atoms. The number of benzene rings is 3. The van der Waals surface area contributed by atoms with Gasteiger partial charge in [-0.2, -0.15) is 0 Å². The highest BCUT2D eigenvalue weighted by atomic mass is 35.5. The van der Waals surface area contributed by atoms with Gasteiger partial charge in [-0.25, -0.2) is 4.79 Å². The Morgan fingerprint density at radius 1 is 0.947 bits per heavy atom. The highest BCUT2D eigenvalue weighted by molar-refractivity contribution is 5.93. The lowest BCUT2D eigenvalue weighted by atomic mass is 9.86. The molecular formula is C32H39ClN2O3. The molecule has 1 aliphatic carbocycles. The van der Waals surface area contributed by atoms with Gasteiger partial charge in [-0.1, -0.05) is 45.4 Å². The number of carbonyl (C=O) groups excluding carboxylic acids is 1. The van der Waals surface area contributed by atoms with Crippen molar-refractivity contribution in [3.05, 3.63) is 82.2 Å². The predicted octanol–water partition coefficient (Wildman–Crippen LogP) is 8.11. The fraction of sp³-hybridized carbons (Fsp3) is 0.375. The van der Waals surface area contributed by atoms with Crippen LogP contribution < -0.4 is 10.3 Å². The van der Waals surface area contributed by atoms with Crippen molar-refractivity contribution < 1.29 is 13.9 Å². The third-order valence-electron chi connectivity index (χ3n) is 7.22. The Hall–Kier alpha value is -3.31. The molecular weight excluding hydrogens is 496 g/mol. The number of rotatable bonds is 10. The number of carbonyl (C=O) groups is 1. The molecule has 0 saturated carbocycles. The van der Waals surface area contributed by atoms with Gasteiger partial charge in [-0.3, -0.25) is 0 Å². The summed E-state index contributed by atoms with van der Waals surface area (Å²) in [7, 11) is 0. The Balaban J connectivity index is 0.00000400. The monoisotopic (exact) mass is 534 g/mol. The molecule has 2 aromatic rings. The van der Waals surface area contributed by atoms with Gasteiger partial charge < -0.3 is 19.5 Å². The van der Waals surface area contributed by atoms with Gasteiger partial charge in [-0.05, 0) is 68.5 Å². The Labute approximate surface area is 232 Å². The second kappa shape index (κ2) is 13.0. The molecule has 0 saturated heterocycles. The minimum Gasteiger partial charge on any atom is -0.456 e. The standard InChI is InChI=1S/C32H38N2O3.ClH/c1-6-14-27(37-32(35)21-15-12-11-13-16-21)31-25-18-17-22(34(9-4)10-5)19-28(25)36-29-20-26(33)23(7-2)24(8-3)30(29)31;/h11-13,15-20,27,33H,6-10,14H2,1-5H3;1H. The molecule has 6 heteroatoms. The first-order valence-corrected chi connectivity index (χ1v) is 13.6. The third-order valence-corrected chi connectivity index (χ3v) is 7.22. The second-order valence-electron chi connectivity index (χ2n) is 9.38. The summed E-state index contributed by atoms with van der Waals surface area (Å²) in [5.74, 6) is 0.349. The van der Waals surface area contributed by atoms with Crippen LogP contribution >= 0.6 is 12.4 Å². The normalized spacial score (nSPS) is 11.8. The molecule has 5 nitrogen and oxygen atoms in total. The summed E-state index contributed by atoms with van der Waals surface area (Å²) in [6.07, 6.45) is 2.64. The zero-order chi connectivity index (χ0) is 26.5. The van der Waals surface area contributed by atoms with E-state index in [9.17, 15) is 4.79 Å². The summed E-state index contributed by atoms with van der Waals surface area (Å²) in [5.41, 5.74) is 6.48. The van der Waals surface area contributed by atoms with E-state index in [4.69, 9.17) is 14.6 Å². The summed E-state index contributed by atoms with van der Waals surface area (Å²) in [6.45, 7) is 12.4. The molecule has 4 rings (SSSR count). The smallest absolute Gasteiger partial charge is 0.338 e. The molecule has 1 heterocycles. The molecule has 202 valence electrons. The summed E-state index contributed by atoms with van der Waals surface area (Å²) in [6, 6.07) is 17.3. The summed E-state index contributed by atoms with van der Waals surface area (Å²) in [5, 5.41) is 10.2. The highest BCUT2D eigenvalue weighted by Gasteiger charge is 2.29. The van der Waals surface area contributed by atoms with Gasteiger partial charge in [0.25, 0.3) is 0 Å². The summed E-state index contributed by atoms with van der Waals surface area (Å²) < 4.78 is 12.8. The van der Waals surface area contributed by atoms with Crippen LogP contribution in [0.4, 0.5) is 5.69 Å². The van der Waals surface area contributed by atoms with Gasteiger partial charge >= 0.3 is 5.97 Å². The first kappa shape index (κ1) is 29.2. The minimum absolute atomic E-state index is 0. The van der Waals surface area contributed by atoms with E-state index in [2.05, 4.69) is 57.7 Å². The van der Waals surface area contributed by atoms with E-state index in [0.717, 1.165) is 71.3 Å². The van der Waals surface area contributed by atoms with E-state index < -0.39 is 6.10 Å². The number of nitrogens with one attached hydrogen (secondary N) is 1. The first-order valence-electron chi connectivity index (χ1n) is 13.6. The van der Waals surface area contributed by atoms with Gasteiger partial charge in [0.05, 0.1) is 10.9 Å². The van der Waals surface area contributed by atoms with Crippen molar-refractivity contribution in [1.29, 1.82) is 5.41 Å². The maximum absolute atomic E-state index is 13.2. The van der Waals surface area contributed by atoms with E-state index in [1.165, 1.54) is 0 Å². The Morgan fingerprint density at radius 2 is 1.63 bits per heavy atom. The SMILES string of the molecule is CCCC(OC(=O)c1ccccc1)c1c2c(CC)c(CC)c(=N)cc-2oc2cc(N(CC)CC)ccc12.Cl. The second-order valence-corrected chi connectivity index (χ2v) is 9.38. The van der Waals surface area contributed by atoms with Gasteiger partial charge in [0.1, 0.15) is 17.4 Å². The van der Waals surface area contributed by atoms with Gasteiger partial charge in [0, 0.05) is 47.4 Å². The van der Waals surface area contributed by atoms with Gasteiger partial charge in [0.2, 0.25) is 0 Å². The molecule has 1 aliphatic heterocycles. The van der Waals surface area contributed by atoms with Gasteiger partial charge in [0.15, 0.2) is 0 Å². The summed E-state index contributed by atoms with van der Waals surface area (Å²) in [4.78, 5) is 15.5. The van der Waals surface area contributed by atoms with Crippen LogP contribution in [0.3, 0.4) is 0 Å². The van der Waals surface area contributed by atoms with E-state index in [1.807, 2.05) is 24.3 Å². The van der Waals surface area contributed by atoms with Crippen LogP contribution in [0.1, 0.15) is 80.6 Å². The van der Waals surface area contributed by atoms with Crippen molar-refractivity contribution in [2.24, 2.45) is 0 Å². The number of nitrogens with zero attached hydrogens (tertiary/aromatic N) is 1. The minimum atomic E-state index is -0.440. The zero-order valence-corrected chi connectivity index (χ0v) is 23.9. The summed E-state index contributed by atoms with van der Waals surface area (Å²) >= 11 is 0. The van der Waals surface area contributed by atoms with Crippen LogP contribution in [0.15, 0.2) is 59.0 Å². The number of hydrogen-bond acceptors (Lipinski definition) is 5. The molecule has 1 N–H and O–H groups in total. The third kappa shape index (κ3) is 5.58. The van der Waals surface area contributed by atoms with Crippen molar-refractivity contribution in [1.82, 2.24) is 0 Å². The zero-order valence-electron chi connectivity index (χ0n) is 23.1. The van der Waals surface area contributed by atoms with Crippen LogP contribution in [0, 0.1) is 5.41 Å². The molecule has 2 aliphatic rings. The van der Waals surface area contributed by atoms with Crippen molar-refractivity contribution in [2.75, 3.05) is 18.0 Å². The molecule has 1 atom stereocenters. The molecule has 0 radical (unpaired) electrons. The van der Waals surface area contributed by atoms with Crippen molar-refractivity contribution in [3.8, 4) is 11.3 Å². The maximum Gasteiger partial charge on any atom is 0.338 e. The Bertz CT molecular complexity index is 1410. The molecule has 2 aromatic carbocycles. The quantitative estimate of drug-likeness (QED) is 0.165. The van der Waals surface area contributed by atoms with E-state index in [-0.39, 0.29) is 18.4 Å². The molecule has 1 unspecified atom stereocenters. The average Bonchev–Trinajstić information content (AvgIpc) is 2.91. The topological polar surface area (TPSA) is 66.5 Å². The molecule has 0 spiro atoms. The van der Waals surface area contributed by atoms with E-state index in [1.54, 1.807) is 12.1 Å². The molecule has 38 heavy (non-hydrogen) atoms. The van der Waals surface area contributed by atoms with E-state index >= 15 is 0 Å². The van der Waals surface area contributed by atoms with Crippen LogP contribution in [0.25, 0.3) is 22.3 Å². The van der Waals surface area contributed by atoms with Gasteiger partial charge in [-0.15, -0.1) is 12.4 Å². The molecule has 0 amide bonds. The largest absolute Gasteiger partial charge is 0.456 e. The lowest BCUT2D eigenvalue weighted by molar-refractivity contribution is 0.0279. The van der Waals surface area contributed by atoms with Crippen LogP contribution in [-0.2, 0) is 17.6 Å². The molecule has 0 aromatic heterocycles. The van der Waals surface area contributed by atoms with Crippen molar-refractivity contribution >= 4 is 35.0 Å². The number of ether oxygens (including phenoxy) is 1. The number of fused-ring (bicyclic) bond motifs is 2. The number of anilines is 1. The Morgan fingerprint density at radius 3 is 2.24 bits per heavy atom. The van der Waals surface area contributed by atoms with Crippen LogP contribution in [0.5, 0.6) is 0 Å². The van der Waals surface area contributed by atoms with Crippen LogP contribution in [0.2, 0.25) is 0 Å². The maximum atomic E-state index is 13.2. The number of esters is 1. The fourth-order valence-corrected chi connectivity index (χ4v) is 5.41. The average molecular weight is 535 g/mol. The first-order chi connectivity index (χ1) is 18.0. The highest BCUT2D eigenvalue weighted by Crippen LogP contribution is 2.43. The number of hydrogen-bond donors (Lipinski definition) is 1. The Kier molecular flexibility index (Phi) is 9.98. The predicted molar refractivity (Wildman–Crippen MR) is 158 cm³/mol. The lowest BCUT2D eigenvalue weighted by Gasteiger charge is -2.27. The fourth-order valence-electron chi connectivity index (χ4n) is 5.41. The van der Waals surface area contributed by atoms with Crippen LogP contribution in [-0.4, -0.2) is 19.1 Å². The van der Waals surface area contributed by atoms with Crippen molar-refractivity contribution in [3.63, 3.8) is 0 Å². The van der Waals surface area contributed by atoms with E-state index in [0.29, 0.717) is 23.1 Å². The van der Waals surface area contributed by atoms with Crippen molar-refractivity contribution in [2.45, 2.75) is 66.4 Å².